The van der Waals surface area contributed by atoms with Crippen molar-refractivity contribution in [2.45, 2.75) is 11.8 Å². The Bertz CT molecular complexity index is 953. The van der Waals surface area contributed by atoms with E-state index in [2.05, 4.69) is 16.6 Å². The van der Waals surface area contributed by atoms with E-state index in [4.69, 9.17) is 9.47 Å². The summed E-state index contributed by atoms with van der Waals surface area (Å²) in [5.41, 5.74) is 0.664. The first kappa shape index (κ1) is 22.1. The Morgan fingerprint density at radius 2 is 1.72 bits per heavy atom. The number of esters is 1. The molecule has 0 aliphatic rings. The summed E-state index contributed by atoms with van der Waals surface area (Å²) < 4.78 is 36.6. The van der Waals surface area contributed by atoms with Crippen LogP contribution in [0.15, 0.2) is 66.1 Å². The van der Waals surface area contributed by atoms with E-state index in [0.29, 0.717) is 18.0 Å². The molecule has 0 radical (unpaired) electrons. The molecule has 0 spiro atoms. The van der Waals surface area contributed by atoms with Crippen LogP contribution < -0.4 is 14.8 Å². The molecule has 29 heavy (non-hydrogen) atoms. The van der Waals surface area contributed by atoms with Crippen molar-refractivity contribution >= 4 is 27.6 Å². The van der Waals surface area contributed by atoms with Crippen molar-refractivity contribution in [3.63, 3.8) is 0 Å². The Morgan fingerprint density at radius 1 is 1.07 bits per heavy atom. The van der Waals surface area contributed by atoms with Crippen LogP contribution in [0.25, 0.3) is 0 Å². The second-order valence-electron chi connectivity index (χ2n) is 5.75. The molecule has 0 fully saturated rings. The maximum Gasteiger partial charge on any atom is 0.338 e. The molecule has 0 atom stereocenters. The third-order valence-electron chi connectivity index (χ3n) is 3.60. The molecule has 2 rings (SSSR count). The number of ether oxygens (including phenoxy) is 2. The fourth-order valence-corrected chi connectivity index (χ4v) is 3.23. The number of carbonyl (C=O) groups excluding carboxylic acids is 2. The van der Waals surface area contributed by atoms with Gasteiger partial charge in [-0.25, -0.2) is 17.9 Å². The predicted octanol–water partition coefficient (Wildman–Crippen LogP) is 2.35. The second kappa shape index (κ2) is 10.4. The molecule has 2 aromatic carbocycles. The van der Waals surface area contributed by atoms with Crippen LogP contribution in [-0.2, 0) is 19.6 Å². The summed E-state index contributed by atoms with van der Waals surface area (Å²) in [7, 11) is -3.68. The molecule has 154 valence electrons. The number of benzene rings is 2. The zero-order valence-corrected chi connectivity index (χ0v) is 16.7. The average Bonchev–Trinajstić information content (AvgIpc) is 2.72. The summed E-state index contributed by atoms with van der Waals surface area (Å²) in [6, 6.07) is 12.0. The molecule has 0 bridgehead atoms. The zero-order valence-electron chi connectivity index (χ0n) is 15.9. The Hall–Kier alpha value is -3.17. The number of anilines is 1. The average molecular weight is 418 g/mol. The van der Waals surface area contributed by atoms with Crippen molar-refractivity contribution < 1.29 is 27.5 Å². The fraction of sp³-hybridized carbons (Fsp3) is 0.200. The highest BCUT2D eigenvalue weighted by Crippen LogP contribution is 2.15. The number of hydrogen-bond donors (Lipinski definition) is 2. The van der Waals surface area contributed by atoms with E-state index >= 15 is 0 Å². The van der Waals surface area contributed by atoms with Crippen LogP contribution >= 0.6 is 0 Å². The van der Waals surface area contributed by atoms with Crippen LogP contribution in [0.4, 0.5) is 5.69 Å². The summed E-state index contributed by atoms with van der Waals surface area (Å²) in [5, 5.41) is 2.60. The Morgan fingerprint density at radius 3 is 2.31 bits per heavy atom. The summed E-state index contributed by atoms with van der Waals surface area (Å²) in [4.78, 5) is 24.0. The van der Waals surface area contributed by atoms with Gasteiger partial charge in [0.15, 0.2) is 6.61 Å². The van der Waals surface area contributed by atoms with Gasteiger partial charge in [-0.05, 0) is 55.5 Å². The van der Waals surface area contributed by atoms with Gasteiger partial charge in [0.25, 0.3) is 5.91 Å². The number of nitrogens with one attached hydrogen (secondary N) is 2. The van der Waals surface area contributed by atoms with Gasteiger partial charge < -0.3 is 14.8 Å². The summed E-state index contributed by atoms with van der Waals surface area (Å²) in [5.74, 6) is -0.563. The van der Waals surface area contributed by atoms with Gasteiger partial charge >= 0.3 is 5.97 Å². The number of amides is 1. The zero-order chi connectivity index (χ0) is 21.3. The van der Waals surface area contributed by atoms with Crippen molar-refractivity contribution in [3.8, 4) is 5.75 Å². The third-order valence-corrected chi connectivity index (χ3v) is 5.04. The van der Waals surface area contributed by atoms with Gasteiger partial charge in [0.2, 0.25) is 10.0 Å². The van der Waals surface area contributed by atoms with E-state index in [9.17, 15) is 18.0 Å². The Balaban J connectivity index is 1.88. The van der Waals surface area contributed by atoms with Crippen molar-refractivity contribution in [1.82, 2.24) is 4.72 Å². The van der Waals surface area contributed by atoms with E-state index in [1.807, 2.05) is 6.92 Å². The summed E-state index contributed by atoms with van der Waals surface area (Å²) in [6.45, 7) is 5.47. The van der Waals surface area contributed by atoms with Gasteiger partial charge in [0, 0.05) is 12.2 Å². The second-order valence-corrected chi connectivity index (χ2v) is 7.51. The Labute approximate surface area is 169 Å². The minimum absolute atomic E-state index is 0.00384. The van der Waals surface area contributed by atoms with Crippen molar-refractivity contribution in [2.24, 2.45) is 0 Å². The van der Waals surface area contributed by atoms with Gasteiger partial charge in [0.1, 0.15) is 5.75 Å². The normalized spacial score (nSPS) is 10.8. The summed E-state index contributed by atoms with van der Waals surface area (Å²) in [6.07, 6.45) is 1.42. The van der Waals surface area contributed by atoms with Gasteiger partial charge in [-0.15, -0.1) is 6.58 Å². The number of sulfonamides is 1. The first-order valence-corrected chi connectivity index (χ1v) is 10.2. The monoisotopic (exact) mass is 418 g/mol. The van der Waals surface area contributed by atoms with Gasteiger partial charge in [-0.2, -0.15) is 0 Å². The Kier molecular flexibility index (Phi) is 7.93. The van der Waals surface area contributed by atoms with E-state index in [1.54, 1.807) is 24.3 Å². The van der Waals surface area contributed by atoms with Crippen LogP contribution in [0, 0.1) is 0 Å². The van der Waals surface area contributed by atoms with Gasteiger partial charge in [-0.3, -0.25) is 4.79 Å². The molecular weight excluding hydrogens is 396 g/mol. The molecule has 2 N–H and O–H groups in total. The molecule has 0 unspecified atom stereocenters. The maximum atomic E-state index is 12.1. The molecule has 8 nitrogen and oxygen atoms in total. The molecule has 1 amide bonds. The lowest BCUT2D eigenvalue weighted by Gasteiger charge is -2.08. The predicted molar refractivity (Wildman–Crippen MR) is 108 cm³/mol. The quantitative estimate of drug-likeness (QED) is 0.453. The van der Waals surface area contributed by atoms with E-state index < -0.39 is 28.5 Å². The van der Waals surface area contributed by atoms with E-state index in [0.717, 1.165) is 0 Å². The molecule has 9 heteroatoms. The number of carbonyl (C=O) groups is 2. The molecule has 0 aliphatic carbocycles. The van der Waals surface area contributed by atoms with Crippen LogP contribution in [0.2, 0.25) is 0 Å². The molecule has 2 aromatic rings. The molecule has 0 aliphatic heterocycles. The lowest BCUT2D eigenvalue weighted by Crippen LogP contribution is -2.23. The molecule has 0 saturated carbocycles. The van der Waals surface area contributed by atoms with Crippen LogP contribution in [0.3, 0.4) is 0 Å². The van der Waals surface area contributed by atoms with E-state index in [1.165, 1.54) is 30.3 Å². The highest BCUT2D eigenvalue weighted by Gasteiger charge is 2.15. The fourth-order valence-electron chi connectivity index (χ4n) is 2.23. The molecule has 0 heterocycles. The van der Waals surface area contributed by atoms with Crippen molar-refractivity contribution in [1.29, 1.82) is 0 Å². The third kappa shape index (κ3) is 6.74. The topological polar surface area (TPSA) is 111 Å². The minimum atomic E-state index is -3.68. The smallest absolute Gasteiger partial charge is 0.338 e. The van der Waals surface area contributed by atoms with Crippen LogP contribution in [-0.4, -0.2) is 40.1 Å². The van der Waals surface area contributed by atoms with Crippen LogP contribution in [0.5, 0.6) is 5.75 Å². The minimum Gasteiger partial charge on any atom is -0.494 e. The highest BCUT2D eigenvalue weighted by atomic mass is 32.2. The number of hydrogen-bond acceptors (Lipinski definition) is 6. The molecule has 0 aromatic heterocycles. The van der Waals surface area contributed by atoms with Gasteiger partial charge in [-0.1, -0.05) is 6.08 Å². The first-order chi connectivity index (χ1) is 13.9. The number of rotatable bonds is 10. The lowest BCUT2D eigenvalue weighted by molar-refractivity contribution is -0.119. The molecule has 0 saturated heterocycles. The highest BCUT2D eigenvalue weighted by molar-refractivity contribution is 7.89. The maximum absolute atomic E-state index is 12.1. The first-order valence-electron chi connectivity index (χ1n) is 8.76. The van der Waals surface area contributed by atoms with Gasteiger partial charge in [0.05, 0.1) is 17.1 Å². The molecular formula is C20H22N2O6S. The van der Waals surface area contributed by atoms with Crippen LogP contribution in [0.1, 0.15) is 17.3 Å². The standard InChI is InChI=1S/C20H22N2O6S/c1-3-13-21-29(25,26)18-11-5-15(6-12-18)20(24)28-14-19(23)22-16-7-9-17(10-8-16)27-4-2/h3,5-12,21H,1,4,13-14H2,2H3,(H,22,23). The SMILES string of the molecule is C=CCNS(=O)(=O)c1ccc(C(=O)OCC(=O)Nc2ccc(OCC)cc2)cc1. The lowest BCUT2D eigenvalue weighted by atomic mass is 10.2. The van der Waals surface area contributed by atoms with Crippen molar-refractivity contribution in [2.75, 3.05) is 25.1 Å². The summed E-state index contributed by atoms with van der Waals surface area (Å²) >= 11 is 0. The van der Waals surface area contributed by atoms with Crippen molar-refractivity contribution in [3.05, 3.63) is 66.7 Å². The van der Waals surface area contributed by atoms with E-state index in [-0.39, 0.29) is 17.0 Å². The largest absolute Gasteiger partial charge is 0.494 e.